The standard InChI is InChI=1S/C13H25BrO/c1-3-12(2)13(15)10-8-6-4-5-7-9-11-14/h3,12-13,15H,1,4-11H2,2H3/t12-,13-/m0/s1. The minimum absolute atomic E-state index is 0.190. The molecule has 1 N–H and O–H groups in total. The monoisotopic (exact) mass is 276 g/mol. The van der Waals surface area contributed by atoms with Gasteiger partial charge in [0, 0.05) is 5.33 Å². The Bertz CT molecular complexity index is 147. The van der Waals surface area contributed by atoms with Gasteiger partial charge in [0.25, 0.3) is 0 Å². The Balaban J connectivity index is 3.19. The lowest BCUT2D eigenvalue weighted by atomic mass is 9.99. The van der Waals surface area contributed by atoms with Gasteiger partial charge >= 0.3 is 0 Å². The van der Waals surface area contributed by atoms with Crippen molar-refractivity contribution >= 4 is 15.9 Å². The van der Waals surface area contributed by atoms with Crippen LogP contribution >= 0.6 is 15.9 Å². The Kier molecular flexibility index (Phi) is 10.8. The molecule has 0 aromatic rings. The quantitative estimate of drug-likeness (QED) is 0.359. The maximum Gasteiger partial charge on any atom is 0.0600 e. The Morgan fingerprint density at radius 3 is 2.20 bits per heavy atom. The molecule has 0 bridgehead atoms. The fourth-order valence-corrected chi connectivity index (χ4v) is 1.97. The normalized spacial score (nSPS) is 14.9. The Morgan fingerprint density at radius 2 is 1.67 bits per heavy atom. The minimum atomic E-state index is -0.190. The van der Waals surface area contributed by atoms with Crippen molar-refractivity contribution in [3.63, 3.8) is 0 Å². The number of rotatable bonds is 10. The summed E-state index contributed by atoms with van der Waals surface area (Å²) in [5.41, 5.74) is 0. The molecule has 0 aliphatic rings. The molecule has 0 saturated carbocycles. The summed E-state index contributed by atoms with van der Waals surface area (Å²) in [7, 11) is 0. The molecule has 2 atom stereocenters. The van der Waals surface area contributed by atoms with E-state index in [9.17, 15) is 5.11 Å². The average molecular weight is 277 g/mol. The zero-order chi connectivity index (χ0) is 11.5. The van der Waals surface area contributed by atoms with Crippen LogP contribution in [-0.2, 0) is 0 Å². The van der Waals surface area contributed by atoms with Crippen molar-refractivity contribution in [2.45, 2.75) is 58.0 Å². The molecule has 0 radical (unpaired) electrons. The molecule has 0 aromatic heterocycles. The Labute approximate surface area is 103 Å². The average Bonchev–Trinajstić information content (AvgIpc) is 2.26. The summed E-state index contributed by atoms with van der Waals surface area (Å²) in [5.74, 6) is 0.235. The second-order valence-corrected chi connectivity index (χ2v) is 5.05. The van der Waals surface area contributed by atoms with Crippen LogP contribution in [0.1, 0.15) is 51.9 Å². The molecule has 0 fully saturated rings. The predicted molar refractivity (Wildman–Crippen MR) is 71.5 cm³/mol. The summed E-state index contributed by atoms with van der Waals surface area (Å²) < 4.78 is 0. The van der Waals surface area contributed by atoms with Gasteiger partial charge in [0.15, 0.2) is 0 Å². The van der Waals surface area contributed by atoms with Crippen molar-refractivity contribution in [3.8, 4) is 0 Å². The van der Waals surface area contributed by atoms with Crippen molar-refractivity contribution in [3.05, 3.63) is 12.7 Å². The van der Waals surface area contributed by atoms with Gasteiger partial charge in [-0.2, -0.15) is 0 Å². The third-order valence-corrected chi connectivity index (χ3v) is 3.42. The van der Waals surface area contributed by atoms with Crippen LogP contribution in [0.25, 0.3) is 0 Å². The van der Waals surface area contributed by atoms with Gasteiger partial charge in [-0.3, -0.25) is 0 Å². The number of hydrogen-bond donors (Lipinski definition) is 1. The van der Waals surface area contributed by atoms with E-state index in [2.05, 4.69) is 22.5 Å². The van der Waals surface area contributed by atoms with Gasteiger partial charge in [-0.1, -0.05) is 61.0 Å². The van der Waals surface area contributed by atoms with E-state index in [0.29, 0.717) is 0 Å². The third-order valence-electron chi connectivity index (χ3n) is 2.86. The molecule has 0 spiro atoms. The van der Waals surface area contributed by atoms with E-state index in [1.807, 2.05) is 13.0 Å². The fraction of sp³-hybridized carbons (Fsp3) is 0.846. The van der Waals surface area contributed by atoms with Gasteiger partial charge in [0.2, 0.25) is 0 Å². The van der Waals surface area contributed by atoms with Crippen molar-refractivity contribution in [2.24, 2.45) is 5.92 Å². The van der Waals surface area contributed by atoms with Crippen molar-refractivity contribution < 1.29 is 5.11 Å². The summed E-state index contributed by atoms with van der Waals surface area (Å²) in [4.78, 5) is 0. The lowest BCUT2D eigenvalue weighted by molar-refractivity contribution is 0.125. The molecule has 0 aliphatic heterocycles. The minimum Gasteiger partial charge on any atom is -0.393 e. The van der Waals surface area contributed by atoms with Crippen molar-refractivity contribution in [1.29, 1.82) is 0 Å². The van der Waals surface area contributed by atoms with Gasteiger partial charge in [-0.15, -0.1) is 6.58 Å². The third kappa shape index (κ3) is 9.13. The van der Waals surface area contributed by atoms with E-state index in [0.717, 1.165) is 18.2 Å². The lowest BCUT2D eigenvalue weighted by Gasteiger charge is -2.14. The summed E-state index contributed by atoms with van der Waals surface area (Å²) in [6.45, 7) is 5.72. The lowest BCUT2D eigenvalue weighted by Crippen LogP contribution is -2.14. The van der Waals surface area contributed by atoms with E-state index >= 15 is 0 Å². The van der Waals surface area contributed by atoms with Gasteiger partial charge < -0.3 is 5.11 Å². The zero-order valence-electron chi connectivity index (χ0n) is 9.92. The molecule has 1 nitrogen and oxygen atoms in total. The first-order valence-electron chi connectivity index (χ1n) is 6.09. The van der Waals surface area contributed by atoms with Gasteiger partial charge in [-0.25, -0.2) is 0 Å². The topological polar surface area (TPSA) is 20.2 Å². The molecule has 0 saturated heterocycles. The first kappa shape index (κ1) is 15.2. The van der Waals surface area contributed by atoms with E-state index in [1.54, 1.807) is 0 Å². The SMILES string of the molecule is C=C[C@H](C)[C@@H](O)CCCCCCCCBr. The molecule has 0 aromatic carbocycles. The van der Waals surface area contributed by atoms with Crippen LogP contribution in [0.5, 0.6) is 0 Å². The number of aliphatic hydroxyl groups is 1. The van der Waals surface area contributed by atoms with E-state index in [4.69, 9.17) is 0 Å². The number of alkyl halides is 1. The van der Waals surface area contributed by atoms with Gasteiger partial charge in [0.1, 0.15) is 0 Å². The summed E-state index contributed by atoms with van der Waals surface area (Å²) in [6.07, 6.45) is 10.2. The maximum absolute atomic E-state index is 9.68. The first-order valence-corrected chi connectivity index (χ1v) is 7.21. The Hall–Kier alpha value is 0.180. The largest absolute Gasteiger partial charge is 0.393 e. The highest BCUT2D eigenvalue weighted by Gasteiger charge is 2.09. The molecule has 0 rings (SSSR count). The van der Waals surface area contributed by atoms with Crippen LogP contribution in [0.2, 0.25) is 0 Å². The van der Waals surface area contributed by atoms with Crippen molar-refractivity contribution in [1.82, 2.24) is 0 Å². The van der Waals surface area contributed by atoms with E-state index in [1.165, 1.54) is 32.1 Å². The Morgan fingerprint density at radius 1 is 1.13 bits per heavy atom. The molecule has 2 heteroatoms. The van der Waals surface area contributed by atoms with Crippen LogP contribution in [0, 0.1) is 5.92 Å². The van der Waals surface area contributed by atoms with Crippen LogP contribution in [0.15, 0.2) is 12.7 Å². The highest BCUT2D eigenvalue weighted by Crippen LogP contribution is 2.14. The highest BCUT2D eigenvalue weighted by molar-refractivity contribution is 9.09. The molecule has 0 unspecified atom stereocenters. The summed E-state index contributed by atoms with van der Waals surface area (Å²) in [6, 6.07) is 0. The molecule has 90 valence electrons. The van der Waals surface area contributed by atoms with E-state index in [-0.39, 0.29) is 12.0 Å². The van der Waals surface area contributed by atoms with Crippen LogP contribution in [0.4, 0.5) is 0 Å². The second kappa shape index (κ2) is 10.7. The molecular weight excluding hydrogens is 252 g/mol. The smallest absolute Gasteiger partial charge is 0.0600 e. The first-order chi connectivity index (χ1) is 7.22. The molecule has 15 heavy (non-hydrogen) atoms. The second-order valence-electron chi connectivity index (χ2n) is 4.26. The molecule has 0 heterocycles. The van der Waals surface area contributed by atoms with Gasteiger partial charge in [0.05, 0.1) is 6.10 Å². The summed E-state index contributed by atoms with van der Waals surface area (Å²) >= 11 is 3.43. The highest BCUT2D eigenvalue weighted by atomic mass is 79.9. The number of unbranched alkanes of at least 4 members (excludes halogenated alkanes) is 5. The maximum atomic E-state index is 9.68. The number of hydrogen-bond acceptors (Lipinski definition) is 1. The number of halogens is 1. The number of aliphatic hydroxyl groups excluding tert-OH is 1. The van der Waals surface area contributed by atoms with Crippen molar-refractivity contribution in [2.75, 3.05) is 5.33 Å². The molecule has 0 aliphatic carbocycles. The van der Waals surface area contributed by atoms with Crippen LogP contribution in [0.3, 0.4) is 0 Å². The van der Waals surface area contributed by atoms with Crippen LogP contribution < -0.4 is 0 Å². The zero-order valence-corrected chi connectivity index (χ0v) is 11.5. The van der Waals surface area contributed by atoms with E-state index < -0.39 is 0 Å². The predicted octanol–water partition coefficient (Wildman–Crippen LogP) is 4.30. The van der Waals surface area contributed by atoms with Gasteiger partial charge in [-0.05, 0) is 18.8 Å². The van der Waals surface area contributed by atoms with Crippen LogP contribution in [-0.4, -0.2) is 16.5 Å². The fourth-order valence-electron chi connectivity index (χ4n) is 1.58. The molecular formula is C13H25BrO. The molecule has 0 amide bonds. The summed E-state index contributed by atoms with van der Waals surface area (Å²) in [5, 5.41) is 10.8.